The van der Waals surface area contributed by atoms with Crippen molar-refractivity contribution in [2.45, 2.75) is 13.3 Å². The lowest BCUT2D eigenvalue weighted by molar-refractivity contribution is 0.0954. The number of benzene rings is 1. The van der Waals surface area contributed by atoms with Gasteiger partial charge in [-0.2, -0.15) is 0 Å². The number of hydrogen-bond acceptors (Lipinski definition) is 3. The van der Waals surface area contributed by atoms with Crippen LogP contribution in [0.1, 0.15) is 22.8 Å². The molecule has 1 heterocycles. The van der Waals surface area contributed by atoms with E-state index in [4.69, 9.17) is 0 Å². The lowest BCUT2D eigenvalue weighted by Gasteiger charge is -2.07. The van der Waals surface area contributed by atoms with Crippen molar-refractivity contribution in [3.05, 3.63) is 59.8 Å². The van der Waals surface area contributed by atoms with Crippen molar-refractivity contribution in [2.75, 3.05) is 18.4 Å². The second-order valence-electron chi connectivity index (χ2n) is 4.45. The van der Waals surface area contributed by atoms with Crippen LogP contribution in [0.4, 0.5) is 5.82 Å². The second kappa shape index (κ2) is 7.28. The maximum atomic E-state index is 12.0. The van der Waals surface area contributed by atoms with Crippen molar-refractivity contribution in [3.8, 4) is 0 Å². The van der Waals surface area contributed by atoms with E-state index in [0.717, 1.165) is 18.8 Å². The van der Waals surface area contributed by atoms with Crippen LogP contribution in [0.2, 0.25) is 0 Å². The monoisotopic (exact) mass is 269 g/mol. The van der Waals surface area contributed by atoms with Crippen LogP contribution in [0, 0.1) is 0 Å². The summed E-state index contributed by atoms with van der Waals surface area (Å²) >= 11 is 0. The second-order valence-corrected chi connectivity index (χ2v) is 4.45. The van der Waals surface area contributed by atoms with E-state index in [1.165, 1.54) is 5.56 Å². The molecule has 0 unspecified atom stereocenters. The van der Waals surface area contributed by atoms with Crippen molar-refractivity contribution in [3.63, 3.8) is 0 Å². The van der Waals surface area contributed by atoms with Gasteiger partial charge < -0.3 is 10.6 Å². The van der Waals surface area contributed by atoms with E-state index in [1.54, 1.807) is 18.3 Å². The molecule has 0 saturated carbocycles. The molecule has 104 valence electrons. The fraction of sp³-hybridized carbons (Fsp3) is 0.250. The molecule has 2 aromatic rings. The van der Waals surface area contributed by atoms with Crippen molar-refractivity contribution in [2.24, 2.45) is 0 Å². The van der Waals surface area contributed by atoms with Crippen LogP contribution in [-0.4, -0.2) is 24.0 Å². The summed E-state index contributed by atoms with van der Waals surface area (Å²) in [5.74, 6) is 0.658. The first-order chi connectivity index (χ1) is 9.79. The third-order valence-electron chi connectivity index (χ3n) is 2.92. The van der Waals surface area contributed by atoms with Gasteiger partial charge in [-0.15, -0.1) is 0 Å². The zero-order valence-electron chi connectivity index (χ0n) is 11.6. The highest BCUT2D eigenvalue weighted by molar-refractivity contribution is 5.94. The van der Waals surface area contributed by atoms with Crippen LogP contribution in [0.3, 0.4) is 0 Å². The largest absolute Gasteiger partial charge is 0.370 e. The number of aromatic nitrogens is 1. The molecule has 20 heavy (non-hydrogen) atoms. The minimum absolute atomic E-state index is 0.0671. The number of pyridine rings is 1. The zero-order chi connectivity index (χ0) is 14.2. The fourth-order valence-electron chi connectivity index (χ4n) is 1.92. The molecule has 2 rings (SSSR count). The lowest BCUT2D eigenvalue weighted by atomic mass is 10.1. The maximum absolute atomic E-state index is 12.0. The number of hydrogen-bond donors (Lipinski definition) is 2. The first-order valence-electron chi connectivity index (χ1n) is 6.81. The minimum Gasteiger partial charge on any atom is -0.370 e. The Balaban J connectivity index is 1.87. The molecule has 1 aromatic heterocycles. The number of carbonyl (C=O) groups is 1. The number of carbonyl (C=O) groups excluding carboxylic acids is 1. The summed E-state index contributed by atoms with van der Waals surface area (Å²) in [5, 5.41) is 6.02. The SMILES string of the molecule is CCNc1cc(C(=O)NCCc2ccccc2)ccn1. The average molecular weight is 269 g/mol. The van der Waals surface area contributed by atoms with Gasteiger partial charge in [0.1, 0.15) is 5.82 Å². The summed E-state index contributed by atoms with van der Waals surface area (Å²) in [5.41, 5.74) is 1.85. The van der Waals surface area contributed by atoms with E-state index in [9.17, 15) is 4.79 Å². The van der Waals surface area contributed by atoms with Crippen LogP contribution in [0.25, 0.3) is 0 Å². The predicted octanol–water partition coefficient (Wildman–Crippen LogP) is 2.49. The predicted molar refractivity (Wildman–Crippen MR) is 80.9 cm³/mol. The maximum Gasteiger partial charge on any atom is 0.251 e. The zero-order valence-corrected chi connectivity index (χ0v) is 11.6. The van der Waals surface area contributed by atoms with Crippen LogP contribution >= 0.6 is 0 Å². The number of nitrogens with one attached hydrogen (secondary N) is 2. The van der Waals surface area contributed by atoms with Gasteiger partial charge in [0, 0.05) is 24.8 Å². The van der Waals surface area contributed by atoms with Gasteiger partial charge in [-0.1, -0.05) is 30.3 Å². The van der Waals surface area contributed by atoms with Gasteiger partial charge in [-0.05, 0) is 31.0 Å². The summed E-state index contributed by atoms with van der Waals surface area (Å²) in [6, 6.07) is 13.6. The standard InChI is InChI=1S/C16H19N3O/c1-2-17-15-12-14(9-11-18-15)16(20)19-10-8-13-6-4-3-5-7-13/h3-7,9,11-12H,2,8,10H2,1H3,(H,17,18)(H,19,20). The van der Waals surface area contributed by atoms with Gasteiger partial charge >= 0.3 is 0 Å². The quantitative estimate of drug-likeness (QED) is 0.847. The highest BCUT2D eigenvalue weighted by Crippen LogP contribution is 2.06. The molecule has 0 bridgehead atoms. The molecular weight excluding hydrogens is 250 g/mol. The van der Waals surface area contributed by atoms with E-state index in [-0.39, 0.29) is 5.91 Å². The van der Waals surface area contributed by atoms with E-state index in [0.29, 0.717) is 12.1 Å². The molecule has 2 N–H and O–H groups in total. The van der Waals surface area contributed by atoms with Crippen molar-refractivity contribution >= 4 is 11.7 Å². The molecule has 0 aliphatic rings. The summed E-state index contributed by atoms with van der Waals surface area (Å²) in [4.78, 5) is 16.2. The molecule has 0 aliphatic carbocycles. The van der Waals surface area contributed by atoms with Gasteiger partial charge in [0.15, 0.2) is 0 Å². The Morgan fingerprint density at radius 1 is 1.20 bits per heavy atom. The van der Waals surface area contributed by atoms with Crippen molar-refractivity contribution in [1.82, 2.24) is 10.3 Å². The highest BCUT2D eigenvalue weighted by Gasteiger charge is 2.06. The third-order valence-corrected chi connectivity index (χ3v) is 2.92. The van der Waals surface area contributed by atoms with Gasteiger partial charge in [0.25, 0.3) is 5.91 Å². The van der Waals surface area contributed by atoms with Crippen LogP contribution in [-0.2, 0) is 6.42 Å². The summed E-state index contributed by atoms with van der Waals surface area (Å²) < 4.78 is 0. The Bertz CT molecular complexity index is 555. The van der Waals surface area contributed by atoms with Crippen LogP contribution < -0.4 is 10.6 Å². The molecule has 0 spiro atoms. The molecular formula is C16H19N3O. The van der Waals surface area contributed by atoms with Gasteiger partial charge in [-0.3, -0.25) is 4.79 Å². The number of rotatable bonds is 6. The number of anilines is 1. The first-order valence-corrected chi connectivity index (χ1v) is 6.81. The third kappa shape index (κ3) is 4.09. The topological polar surface area (TPSA) is 54.0 Å². The normalized spacial score (nSPS) is 10.1. The van der Waals surface area contributed by atoms with Crippen molar-refractivity contribution in [1.29, 1.82) is 0 Å². The van der Waals surface area contributed by atoms with Crippen molar-refractivity contribution < 1.29 is 4.79 Å². The molecule has 0 atom stereocenters. The Morgan fingerprint density at radius 3 is 2.75 bits per heavy atom. The van der Waals surface area contributed by atoms with E-state index < -0.39 is 0 Å². The molecule has 0 saturated heterocycles. The molecule has 0 aliphatic heterocycles. The average Bonchev–Trinajstić information content (AvgIpc) is 2.49. The van der Waals surface area contributed by atoms with E-state index in [2.05, 4.69) is 27.8 Å². The van der Waals surface area contributed by atoms with E-state index in [1.807, 2.05) is 25.1 Å². The number of amides is 1. The fourth-order valence-corrected chi connectivity index (χ4v) is 1.92. The highest BCUT2D eigenvalue weighted by atomic mass is 16.1. The molecule has 1 amide bonds. The van der Waals surface area contributed by atoms with Gasteiger partial charge in [-0.25, -0.2) is 4.98 Å². The Labute approximate surface area is 119 Å². The molecule has 0 radical (unpaired) electrons. The molecule has 4 nitrogen and oxygen atoms in total. The minimum atomic E-state index is -0.0671. The summed E-state index contributed by atoms with van der Waals surface area (Å²) in [7, 11) is 0. The number of nitrogens with zero attached hydrogens (tertiary/aromatic N) is 1. The summed E-state index contributed by atoms with van der Waals surface area (Å²) in [6.07, 6.45) is 2.47. The van der Waals surface area contributed by atoms with Gasteiger partial charge in [0.2, 0.25) is 0 Å². The summed E-state index contributed by atoms with van der Waals surface area (Å²) in [6.45, 7) is 3.40. The molecule has 0 fully saturated rings. The first kappa shape index (κ1) is 14.1. The van der Waals surface area contributed by atoms with Gasteiger partial charge in [0.05, 0.1) is 0 Å². The van der Waals surface area contributed by atoms with Crippen LogP contribution in [0.5, 0.6) is 0 Å². The molecule has 4 heteroatoms. The Hall–Kier alpha value is -2.36. The lowest BCUT2D eigenvalue weighted by Crippen LogP contribution is -2.25. The van der Waals surface area contributed by atoms with E-state index >= 15 is 0 Å². The smallest absolute Gasteiger partial charge is 0.251 e. The Kier molecular flexibility index (Phi) is 5.12. The molecule has 1 aromatic carbocycles. The Morgan fingerprint density at radius 2 is 2.00 bits per heavy atom. The van der Waals surface area contributed by atoms with Crippen LogP contribution in [0.15, 0.2) is 48.7 Å².